The summed E-state index contributed by atoms with van der Waals surface area (Å²) in [6.07, 6.45) is 0.582. The predicted octanol–water partition coefficient (Wildman–Crippen LogP) is -10.3. The molecule has 0 saturated heterocycles. The van der Waals surface area contributed by atoms with Gasteiger partial charge in [0.2, 0.25) is 35.4 Å². The molecule has 36 heteroatoms. The third-order valence-corrected chi connectivity index (χ3v) is 10.8. The molecule has 0 aromatic carbocycles. The molecule has 0 aliphatic heterocycles. The van der Waals surface area contributed by atoms with Gasteiger partial charge in [-0.05, 0) is 89.9 Å². The van der Waals surface area contributed by atoms with Crippen molar-refractivity contribution >= 4 is 83.1 Å². The second-order valence-electron chi connectivity index (χ2n) is 17.5. The highest BCUT2D eigenvalue weighted by atomic mass is 16.4. The molecule has 6 amide bonds. The molecule has 0 aliphatic rings. The molecular weight excluding hydrogens is 1020 g/mol. The van der Waals surface area contributed by atoms with Gasteiger partial charge in [0, 0.05) is 45.8 Å². The van der Waals surface area contributed by atoms with Crippen LogP contribution in [0.25, 0.3) is 0 Å². The number of nitrogens with one attached hydrogen (secondary N) is 6. The van der Waals surface area contributed by atoms with Crippen LogP contribution >= 0.6 is 0 Å². The molecule has 0 spiro atoms. The van der Waals surface area contributed by atoms with Gasteiger partial charge in [0.15, 0.2) is 41.7 Å². The molecule has 36 nitrogen and oxygen atoms in total. The highest BCUT2D eigenvalue weighted by Crippen LogP contribution is 2.10. The molecule has 0 fully saturated rings. The molecule has 0 saturated carbocycles. The number of aliphatic imine (C=N–C) groups is 7. The second kappa shape index (κ2) is 39.5. The lowest BCUT2D eigenvalue weighted by atomic mass is 10.0. The van der Waals surface area contributed by atoms with Crippen LogP contribution in [0.2, 0.25) is 0 Å². The molecule has 0 bridgehead atoms. The van der Waals surface area contributed by atoms with E-state index in [-0.39, 0.29) is 171 Å². The fraction of sp³-hybridized carbons (Fsp3) is 0.667. The SMILES string of the molecule is NC(N)=NCCC[C@H](NC(=O)[C@H](CCCN=C(N)N)NC(=O)[C@@H](CCCN=C(N)N)NC(=O)[C@H](CCCN=C(N)N)NC(=O)[C@@H](CCCN=C(N)N)NC(=O)[C@H](CCCN=C(N)N)NC(=O)[C@@H](N)CCCN=C(N)N)C(=O)O. The van der Waals surface area contributed by atoms with Crippen LogP contribution in [0.3, 0.4) is 0 Å². The van der Waals surface area contributed by atoms with Gasteiger partial charge in [0.05, 0.1) is 6.04 Å². The number of amides is 6. The third kappa shape index (κ3) is 34.6. The molecule has 0 rings (SSSR count). The fourth-order valence-electron chi connectivity index (χ4n) is 6.91. The van der Waals surface area contributed by atoms with E-state index in [9.17, 15) is 38.7 Å². The Kier molecular flexibility index (Phi) is 35.0. The number of carbonyl (C=O) groups excluding carboxylic acids is 6. The van der Waals surface area contributed by atoms with E-state index in [0.29, 0.717) is 6.42 Å². The monoisotopic (exact) mass is 1110 g/mol. The van der Waals surface area contributed by atoms with Crippen molar-refractivity contribution in [1.82, 2.24) is 31.9 Å². The van der Waals surface area contributed by atoms with Crippen LogP contribution in [-0.2, 0) is 33.6 Å². The number of nitrogens with zero attached hydrogens (tertiary/aromatic N) is 7. The van der Waals surface area contributed by atoms with E-state index in [1.165, 1.54) is 0 Å². The summed E-state index contributed by atoms with van der Waals surface area (Å²) in [5, 5.41) is 25.5. The Labute approximate surface area is 451 Å². The van der Waals surface area contributed by atoms with Crippen LogP contribution in [-0.4, -0.2) is 176 Å². The van der Waals surface area contributed by atoms with Gasteiger partial charge in [0.25, 0.3) is 0 Å². The largest absolute Gasteiger partial charge is 0.480 e. The highest BCUT2D eigenvalue weighted by molar-refractivity contribution is 5.97. The number of aliphatic carboxylic acids is 1. The van der Waals surface area contributed by atoms with Gasteiger partial charge in [-0.15, -0.1) is 0 Å². The van der Waals surface area contributed by atoms with E-state index < -0.39 is 83.7 Å². The van der Waals surface area contributed by atoms with Crippen LogP contribution in [0.4, 0.5) is 0 Å². The molecule has 442 valence electrons. The van der Waals surface area contributed by atoms with Crippen molar-refractivity contribution in [2.24, 2.45) is 121 Å². The smallest absolute Gasteiger partial charge is 0.326 e. The van der Waals surface area contributed by atoms with Gasteiger partial charge in [-0.25, -0.2) is 4.79 Å². The number of carboxylic acid groups (broad SMARTS) is 1. The van der Waals surface area contributed by atoms with Gasteiger partial charge in [-0.3, -0.25) is 63.7 Å². The molecule has 78 heavy (non-hydrogen) atoms. The first kappa shape index (κ1) is 69.1. The molecule has 7 atom stereocenters. The molecular formula is C42H86N28O8. The average Bonchev–Trinajstić information content (AvgIpc) is 3.34. The van der Waals surface area contributed by atoms with E-state index in [0.717, 1.165) is 0 Å². The number of guanidine groups is 7. The molecule has 0 heterocycles. The van der Waals surface area contributed by atoms with Crippen molar-refractivity contribution in [2.75, 3.05) is 45.8 Å². The van der Waals surface area contributed by atoms with Crippen molar-refractivity contribution in [1.29, 1.82) is 0 Å². The average molecular weight is 1110 g/mol. The Hall–Kier alpha value is -8.86. The first-order chi connectivity index (χ1) is 36.7. The van der Waals surface area contributed by atoms with Crippen molar-refractivity contribution in [3.05, 3.63) is 0 Å². The summed E-state index contributed by atoms with van der Waals surface area (Å²) in [4.78, 5) is 124. The quantitative estimate of drug-likeness (QED) is 0.0154. The van der Waals surface area contributed by atoms with Crippen molar-refractivity contribution in [3.63, 3.8) is 0 Å². The number of rotatable bonds is 41. The maximum absolute atomic E-state index is 14.4. The normalized spacial score (nSPS) is 13.2. The summed E-state index contributed by atoms with van der Waals surface area (Å²) >= 11 is 0. The number of hydrogen-bond donors (Lipinski definition) is 22. The van der Waals surface area contributed by atoms with Crippen molar-refractivity contribution in [2.45, 2.75) is 132 Å². The van der Waals surface area contributed by atoms with Gasteiger partial charge >= 0.3 is 5.97 Å². The summed E-state index contributed by atoms with van der Waals surface area (Å²) in [6, 6.07) is -9.55. The van der Waals surface area contributed by atoms with Crippen LogP contribution in [0.1, 0.15) is 89.9 Å². The first-order valence-electron chi connectivity index (χ1n) is 24.9. The van der Waals surface area contributed by atoms with Crippen LogP contribution in [0.5, 0.6) is 0 Å². The van der Waals surface area contributed by atoms with Crippen LogP contribution in [0.15, 0.2) is 34.9 Å². The predicted molar refractivity (Wildman–Crippen MR) is 297 cm³/mol. The molecule has 0 radical (unpaired) electrons. The fourth-order valence-corrected chi connectivity index (χ4v) is 6.91. The zero-order chi connectivity index (χ0) is 59.2. The maximum atomic E-state index is 14.4. The Morgan fingerprint density at radius 2 is 0.449 bits per heavy atom. The van der Waals surface area contributed by atoms with Crippen molar-refractivity contribution < 1.29 is 38.7 Å². The summed E-state index contributed by atoms with van der Waals surface area (Å²) in [6.45, 7) is 0.333. The Bertz CT molecular complexity index is 2110. The zero-order valence-electron chi connectivity index (χ0n) is 44.0. The minimum atomic E-state index is -1.46. The lowest BCUT2D eigenvalue weighted by Crippen LogP contribution is -2.59. The molecule has 0 unspecified atom stereocenters. The standard InChI is InChI=1S/C42H86N28O8/c43-22(8-1-15-58-36(44)45)29(71)65-23(9-2-16-59-37(46)47)30(72)66-24(10-3-17-60-38(48)49)31(73)67-25(11-4-18-61-39(50)51)32(74)68-26(12-5-19-62-40(52)53)33(75)69-27(13-6-20-63-41(54)55)34(76)70-28(35(77)78)14-7-21-64-42(56)57/h22-28H,1-21,43H2,(H,65,71)(H,66,72)(H,67,73)(H,68,74)(H,69,75)(H,70,76)(H,77,78)(H4,44,45,58)(H4,46,47,59)(H4,48,49,60)(H4,50,51,61)(H4,52,53,62)(H4,54,55,63)(H4,56,57,64)/t22-,23-,24+,25-,26+,27-,28-/m0/s1. The maximum Gasteiger partial charge on any atom is 0.326 e. The second-order valence-corrected chi connectivity index (χ2v) is 17.5. The van der Waals surface area contributed by atoms with E-state index in [1.807, 2.05) is 0 Å². The molecule has 0 aliphatic carbocycles. The topological polar surface area (TPSA) is 689 Å². The zero-order valence-corrected chi connectivity index (χ0v) is 44.0. The van der Waals surface area contributed by atoms with Gasteiger partial charge in [0.1, 0.15) is 36.3 Å². The van der Waals surface area contributed by atoms with Gasteiger partial charge < -0.3 is 123 Å². The van der Waals surface area contributed by atoms with Gasteiger partial charge in [-0.2, -0.15) is 0 Å². The number of carboxylic acids is 1. The Morgan fingerprint density at radius 1 is 0.282 bits per heavy atom. The summed E-state index contributed by atoms with van der Waals surface area (Å²) in [5.41, 5.74) is 82.7. The lowest BCUT2D eigenvalue weighted by molar-refractivity contribution is -0.142. The summed E-state index contributed by atoms with van der Waals surface area (Å²) in [7, 11) is 0. The molecule has 0 aromatic rings. The minimum absolute atomic E-state index is 0.00837. The van der Waals surface area contributed by atoms with Crippen LogP contribution in [0, 0.1) is 0 Å². The number of nitrogens with two attached hydrogens (primary N) is 15. The Morgan fingerprint density at radius 3 is 0.641 bits per heavy atom. The highest BCUT2D eigenvalue weighted by Gasteiger charge is 2.33. The summed E-state index contributed by atoms with van der Waals surface area (Å²) < 4.78 is 0. The summed E-state index contributed by atoms with van der Waals surface area (Å²) in [5.74, 6) is -8.11. The van der Waals surface area contributed by atoms with E-state index >= 15 is 0 Å². The van der Waals surface area contributed by atoms with E-state index in [2.05, 4.69) is 66.8 Å². The third-order valence-electron chi connectivity index (χ3n) is 10.8. The van der Waals surface area contributed by atoms with E-state index in [1.54, 1.807) is 0 Å². The van der Waals surface area contributed by atoms with Gasteiger partial charge in [-0.1, -0.05) is 0 Å². The van der Waals surface area contributed by atoms with Crippen LogP contribution < -0.4 is 118 Å². The minimum Gasteiger partial charge on any atom is -0.480 e. The Balaban J connectivity index is 7.16. The number of carbonyl (C=O) groups is 7. The van der Waals surface area contributed by atoms with E-state index in [4.69, 9.17) is 86.0 Å². The van der Waals surface area contributed by atoms with Crippen molar-refractivity contribution in [3.8, 4) is 0 Å². The first-order valence-corrected chi connectivity index (χ1v) is 24.9. The number of hydrogen-bond acceptors (Lipinski definition) is 15. The molecule has 37 N–H and O–H groups in total. The lowest BCUT2D eigenvalue weighted by Gasteiger charge is -2.28. The molecule has 0 aromatic heterocycles.